The van der Waals surface area contributed by atoms with E-state index in [2.05, 4.69) is 9.97 Å². The van der Waals surface area contributed by atoms with Crippen LogP contribution in [0, 0.1) is 0 Å². The number of nitrogens with zero attached hydrogens (tertiary/aromatic N) is 1. The highest BCUT2D eigenvalue weighted by molar-refractivity contribution is 5.79. The Balaban J connectivity index is 2.22. The number of ether oxygens (including phenoxy) is 2. The van der Waals surface area contributed by atoms with Gasteiger partial charge in [0.25, 0.3) is 0 Å². The van der Waals surface area contributed by atoms with Crippen molar-refractivity contribution < 1.29 is 9.47 Å². The van der Waals surface area contributed by atoms with Crippen molar-refractivity contribution in [3.05, 3.63) is 18.5 Å². The highest BCUT2D eigenvalue weighted by atomic mass is 16.7. The van der Waals surface area contributed by atoms with Crippen LogP contribution in [-0.4, -0.2) is 15.8 Å². The van der Waals surface area contributed by atoms with Gasteiger partial charge in [-0.1, -0.05) is 0 Å². The number of hydrogen-bond donors (Lipinski definition) is 1. The lowest BCUT2D eigenvalue weighted by Gasteiger charge is -2.16. The first-order valence-corrected chi connectivity index (χ1v) is 4.49. The third-order valence-electron chi connectivity index (χ3n) is 2.20. The summed E-state index contributed by atoms with van der Waals surface area (Å²) in [5.74, 6) is 0.961. The fourth-order valence-electron chi connectivity index (χ4n) is 1.65. The molecule has 0 aliphatic carbocycles. The monoisotopic (exact) mass is 190 g/mol. The lowest BCUT2D eigenvalue weighted by atomic mass is 10.3. The molecule has 0 spiro atoms. The second kappa shape index (κ2) is 2.20. The minimum absolute atomic E-state index is 0.568. The molecule has 0 atom stereocenters. The average molecular weight is 190 g/mol. The molecule has 14 heavy (non-hydrogen) atoms. The van der Waals surface area contributed by atoms with Crippen molar-refractivity contribution >= 4 is 11.0 Å². The van der Waals surface area contributed by atoms with Gasteiger partial charge < -0.3 is 14.5 Å². The second-order valence-electron chi connectivity index (χ2n) is 3.82. The molecule has 1 aliphatic rings. The molecular weight excluding hydrogens is 180 g/mol. The van der Waals surface area contributed by atoms with Crippen molar-refractivity contribution in [1.82, 2.24) is 9.97 Å². The third-order valence-corrected chi connectivity index (χ3v) is 2.20. The molecule has 0 unspecified atom stereocenters. The van der Waals surface area contributed by atoms with E-state index in [1.165, 1.54) is 0 Å². The summed E-state index contributed by atoms with van der Waals surface area (Å²) in [5.41, 5.74) is 1.86. The summed E-state index contributed by atoms with van der Waals surface area (Å²) in [6.07, 6.45) is 1.66. The van der Waals surface area contributed by atoms with Gasteiger partial charge in [0.1, 0.15) is 0 Å². The Morgan fingerprint density at radius 2 is 1.93 bits per heavy atom. The van der Waals surface area contributed by atoms with Crippen LogP contribution >= 0.6 is 0 Å². The molecule has 1 N–H and O–H groups in total. The lowest BCUT2D eigenvalue weighted by Crippen LogP contribution is -2.29. The molecule has 0 bridgehead atoms. The summed E-state index contributed by atoms with van der Waals surface area (Å²) in [6, 6.07) is 3.79. The van der Waals surface area contributed by atoms with Gasteiger partial charge in [0, 0.05) is 26.0 Å². The molecule has 4 nitrogen and oxygen atoms in total. The van der Waals surface area contributed by atoms with E-state index >= 15 is 0 Å². The highest BCUT2D eigenvalue weighted by Crippen LogP contribution is 2.40. The smallest absolute Gasteiger partial charge is 0.246 e. The lowest BCUT2D eigenvalue weighted by molar-refractivity contribution is -0.0431. The van der Waals surface area contributed by atoms with Crippen LogP contribution in [0.15, 0.2) is 18.5 Å². The molecule has 2 heterocycles. The Labute approximate surface area is 80.9 Å². The van der Waals surface area contributed by atoms with Gasteiger partial charge in [-0.25, -0.2) is 4.98 Å². The number of rotatable bonds is 0. The summed E-state index contributed by atoms with van der Waals surface area (Å²) in [7, 11) is 0. The highest BCUT2D eigenvalue weighted by Gasteiger charge is 2.32. The molecule has 0 saturated carbocycles. The first kappa shape index (κ1) is 7.67. The summed E-state index contributed by atoms with van der Waals surface area (Å²) >= 11 is 0. The van der Waals surface area contributed by atoms with Crippen molar-refractivity contribution in [3.8, 4) is 11.5 Å². The number of benzene rings is 1. The third kappa shape index (κ3) is 0.968. The van der Waals surface area contributed by atoms with E-state index < -0.39 is 5.79 Å². The number of fused-ring (bicyclic) bond motifs is 2. The van der Waals surface area contributed by atoms with Gasteiger partial charge in [-0.15, -0.1) is 0 Å². The van der Waals surface area contributed by atoms with Crippen LogP contribution in [0.2, 0.25) is 0 Å². The molecule has 1 aliphatic heterocycles. The van der Waals surface area contributed by atoms with Crippen LogP contribution in [0.5, 0.6) is 11.5 Å². The number of aromatic amines is 1. The maximum Gasteiger partial charge on any atom is 0.246 e. The molecule has 72 valence electrons. The van der Waals surface area contributed by atoms with E-state index in [0.717, 1.165) is 22.5 Å². The molecule has 0 saturated heterocycles. The van der Waals surface area contributed by atoms with Crippen molar-refractivity contribution in [1.29, 1.82) is 0 Å². The van der Waals surface area contributed by atoms with Gasteiger partial charge in [-0.05, 0) is 0 Å². The van der Waals surface area contributed by atoms with Gasteiger partial charge in [-0.2, -0.15) is 0 Å². The van der Waals surface area contributed by atoms with E-state index in [9.17, 15) is 0 Å². The zero-order valence-corrected chi connectivity index (χ0v) is 8.00. The number of imidazole rings is 1. The summed E-state index contributed by atoms with van der Waals surface area (Å²) < 4.78 is 11.2. The van der Waals surface area contributed by atoms with Crippen LogP contribution in [0.25, 0.3) is 11.0 Å². The van der Waals surface area contributed by atoms with Crippen molar-refractivity contribution in [2.45, 2.75) is 19.6 Å². The van der Waals surface area contributed by atoms with Gasteiger partial charge >= 0.3 is 0 Å². The Bertz CT molecular complexity index is 460. The Morgan fingerprint density at radius 1 is 1.21 bits per heavy atom. The van der Waals surface area contributed by atoms with E-state index in [4.69, 9.17) is 9.47 Å². The number of aromatic nitrogens is 2. The fourth-order valence-corrected chi connectivity index (χ4v) is 1.65. The Kier molecular flexibility index (Phi) is 1.21. The number of H-pyrrole nitrogens is 1. The van der Waals surface area contributed by atoms with Crippen LogP contribution in [0.3, 0.4) is 0 Å². The normalized spacial score (nSPS) is 17.6. The van der Waals surface area contributed by atoms with Crippen LogP contribution < -0.4 is 9.47 Å². The zero-order valence-electron chi connectivity index (χ0n) is 8.00. The summed E-state index contributed by atoms with van der Waals surface area (Å²) in [6.45, 7) is 3.77. The van der Waals surface area contributed by atoms with Crippen LogP contribution in [0.4, 0.5) is 0 Å². The molecule has 1 aromatic heterocycles. The predicted octanol–water partition coefficient (Wildman–Crippen LogP) is 2.07. The molecule has 3 rings (SSSR count). The molecule has 0 radical (unpaired) electrons. The van der Waals surface area contributed by atoms with Crippen LogP contribution in [0.1, 0.15) is 13.8 Å². The average Bonchev–Trinajstić information content (AvgIpc) is 2.59. The first-order chi connectivity index (χ1) is 6.64. The molecule has 1 aromatic carbocycles. The quantitative estimate of drug-likeness (QED) is 0.691. The maximum absolute atomic E-state index is 5.60. The topological polar surface area (TPSA) is 47.1 Å². The molecule has 4 heteroatoms. The van der Waals surface area contributed by atoms with E-state index in [-0.39, 0.29) is 0 Å². The van der Waals surface area contributed by atoms with Crippen molar-refractivity contribution in [3.63, 3.8) is 0 Å². The SMILES string of the molecule is CC1(C)Oc2cc3nc[nH]c3cc2O1. The largest absolute Gasteiger partial charge is 0.449 e. The van der Waals surface area contributed by atoms with Crippen LogP contribution in [-0.2, 0) is 0 Å². The molecule has 2 aromatic rings. The second-order valence-corrected chi connectivity index (χ2v) is 3.82. The molecule has 0 amide bonds. The first-order valence-electron chi connectivity index (χ1n) is 4.49. The van der Waals surface area contributed by atoms with E-state index in [0.29, 0.717) is 0 Å². The summed E-state index contributed by atoms with van der Waals surface area (Å²) in [5, 5.41) is 0. The minimum atomic E-state index is -0.568. The fraction of sp³-hybridized carbons (Fsp3) is 0.300. The maximum atomic E-state index is 5.60. The van der Waals surface area contributed by atoms with Gasteiger partial charge in [0.05, 0.1) is 17.4 Å². The number of nitrogens with one attached hydrogen (secondary N) is 1. The minimum Gasteiger partial charge on any atom is -0.449 e. The summed E-state index contributed by atoms with van der Waals surface area (Å²) in [4.78, 5) is 7.18. The number of hydrogen-bond acceptors (Lipinski definition) is 3. The predicted molar refractivity (Wildman–Crippen MR) is 51.4 cm³/mol. The Hall–Kier alpha value is -1.71. The zero-order chi connectivity index (χ0) is 9.76. The Morgan fingerprint density at radius 3 is 2.71 bits per heavy atom. The van der Waals surface area contributed by atoms with Crippen molar-refractivity contribution in [2.75, 3.05) is 0 Å². The van der Waals surface area contributed by atoms with Crippen molar-refractivity contribution in [2.24, 2.45) is 0 Å². The molecular formula is C10H10N2O2. The van der Waals surface area contributed by atoms with Gasteiger partial charge in [-0.3, -0.25) is 0 Å². The van der Waals surface area contributed by atoms with Gasteiger partial charge in [0.2, 0.25) is 5.79 Å². The van der Waals surface area contributed by atoms with E-state index in [1.807, 2.05) is 26.0 Å². The van der Waals surface area contributed by atoms with Gasteiger partial charge in [0.15, 0.2) is 11.5 Å². The standard InChI is InChI=1S/C10H10N2O2/c1-10(2)13-8-3-6-7(12-5-11-6)4-9(8)14-10/h3-5H,1-2H3,(H,11,12). The van der Waals surface area contributed by atoms with E-state index in [1.54, 1.807) is 6.33 Å². The molecule has 0 fully saturated rings.